The molecule has 1 fully saturated rings. The van der Waals surface area contributed by atoms with Crippen LogP contribution < -0.4 is 5.32 Å². The standard InChI is InChI=1S/C21H28N4O3S2/c1-3-28-20(27)17-14-10-6-7-11-15(14)30-19(17)22-16(26)12-29-21-24-23-18(25(21)2)13-8-4-5-9-13/h13H,3-12H2,1-2H3,(H,22,26). The van der Waals surface area contributed by atoms with E-state index in [4.69, 9.17) is 4.74 Å². The Morgan fingerprint density at radius 3 is 2.73 bits per heavy atom. The van der Waals surface area contributed by atoms with Crippen LogP contribution in [0.15, 0.2) is 5.16 Å². The number of hydrogen-bond donors (Lipinski definition) is 1. The zero-order chi connectivity index (χ0) is 21.1. The molecule has 0 atom stereocenters. The highest BCUT2D eigenvalue weighted by molar-refractivity contribution is 7.99. The van der Waals surface area contributed by atoms with Gasteiger partial charge >= 0.3 is 5.97 Å². The molecule has 1 saturated carbocycles. The molecule has 0 unspecified atom stereocenters. The number of anilines is 1. The van der Waals surface area contributed by atoms with Crippen molar-refractivity contribution in [1.29, 1.82) is 0 Å². The first kappa shape index (κ1) is 21.4. The van der Waals surface area contributed by atoms with Crippen LogP contribution in [0.4, 0.5) is 5.00 Å². The van der Waals surface area contributed by atoms with Gasteiger partial charge in [-0.05, 0) is 51.0 Å². The van der Waals surface area contributed by atoms with Gasteiger partial charge in [0.2, 0.25) is 5.91 Å². The maximum Gasteiger partial charge on any atom is 0.341 e. The summed E-state index contributed by atoms with van der Waals surface area (Å²) in [5, 5.41) is 13.0. The molecule has 2 aromatic heterocycles. The number of thiophene rings is 1. The van der Waals surface area contributed by atoms with Gasteiger partial charge in [-0.1, -0.05) is 24.6 Å². The van der Waals surface area contributed by atoms with E-state index in [2.05, 4.69) is 15.5 Å². The van der Waals surface area contributed by atoms with E-state index in [-0.39, 0.29) is 17.6 Å². The maximum absolute atomic E-state index is 12.7. The number of thioether (sulfide) groups is 1. The summed E-state index contributed by atoms with van der Waals surface area (Å²) in [4.78, 5) is 26.4. The van der Waals surface area contributed by atoms with Crippen LogP contribution in [0.25, 0.3) is 0 Å². The van der Waals surface area contributed by atoms with Crippen LogP contribution in [0.3, 0.4) is 0 Å². The highest BCUT2D eigenvalue weighted by atomic mass is 32.2. The highest BCUT2D eigenvalue weighted by Crippen LogP contribution is 2.39. The van der Waals surface area contributed by atoms with Crippen molar-refractivity contribution in [2.75, 3.05) is 17.7 Å². The molecule has 0 aromatic carbocycles. The van der Waals surface area contributed by atoms with Crippen LogP contribution in [0.1, 0.15) is 78.0 Å². The van der Waals surface area contributed by atoms with Gasteiger partial charge in [0.1, 0.15) is 10.8 Å². The van der Waals surface area contributed by atoms with Crippen molar-refractivity contribution < 1.29 is 14.3 Å². The van der Waals surface area contributed by atoms with E-state index >= 15 is 0 Å². The monoisotopic (exact) mass is 448 g/mol. The number of nitrogens with zero attached hydrogens (tertiary/aromatic N) is 3. The molecule has 2 heterocycles. The Hall–Kier alpha value is -1.87. The third-order valence-corrected chi connectivity index (χ3v) is 8.05. The molecule has 7 nitrogen and oxygen atoms in total. The van der Waals surface area contributed by atoms with E-state index in [9.17, 15) is 9.59 Å². The number of aryl methyl sites for hydroxylation is 1. The van der Waals surface area contributed by atoms with E-state index in [1.807, 2.05) is 11.6 Å². The molecule has 2 aromatic rings. The van der Waals surface area contributed by atoms with Crippen LogP contribution in [-0.2, 0) is 29.4 Å². The van der Waals surface area contributed by atoms with Crippen molar-refractivity contribution >= 4 is 40.0 Å². The Balaban J connectivity index is 1.43. The average molecular weight is 449 g/mol. The Morgan fingerprint density at radius 2 is 1.97 bits per heavy atom. The minimum absolute atomic E-state index is 0.144. The molecule has 2 aliphatic rings. The van der Waals surface area contributed by atoms with Crippen molar-refractivity contribution in [2.24, 2.45) is 7.05 Å². The number of ether oxygens (including phenoxy) is 1. The van der Waals surface area contributed by atoms with E-state index in [0.29, 0.717) is 23.1 Å². The largest absolute Gasteiger partial charge is 0.462 e. The number of fused-ring (bicyclic) bond motifs is 1. The van der Waals surface area contributed by atoms with Gasteiger partial charge in [0, 0.05) is 17.8 Å². The number of rotatable bonds is 7. The first-order chi connectivity index (χ1) is 14.6. The van der Waals surface area contributed by atoms with Gasteiger partial charge in [0.15, 0.2) is 5.16 Å². The number of aromatic nitrogens is 3. The summed E-state index contributed by atoms with van der Waals surface area (Å²) in [6.45, 7) is 2.12. The molecule has 9 heteroatoms. The second-order valence-corrected chi connectivity index (χ2v) is 9.90. The fourth-order valence-electron chi connectivity index (χ4n) is 4.36. The topological polar surface area (TPSA) is 86.1 Å². The van der Waals surface area contributed by atoms with E-state index in [0.717, 1.165) is 55.1 Å². The maximum atomic E-state index is 12.7. The first-order valence-electron chi connectivity index (χ1n) is 10.7. The summed E-state index contributed by atoms with van der Waals surface area (Å²) in [6, 6.07) is 0. The number of carbonyl (C=O) groups is 2. The van der Waals surface area contributed by atoms with E-state index in [1.54, 1.807) is 6.92 Å². The van der Waals surface area contributed by atoms with Gasteiger partial charge in [-0.15, -0.1) is 21.5 Å². The molecule has 0 aliphatic heterocycles. The number of amides is 1. The summed E-state index contributed by atoms with van der Waals surface area (Å²) in [6.07, 6.45) is 8.83. The molecule has 2 aliphatic carbocycles. The molecular formula is C21H28N4O3S2. The third-order valence-electron chi connectivity index (χ3n) is 5.83. The number of carbonyl (C=O) groups excluding carboxylic acids is 2. The van der Waals surface area contributed by atoms with Gasteiger partial charge in [-0.25, -0.2) is 4.79 Å². The molecule has 0 saturated heterocycles. The van der Waals surface area contributed by atoms with Gasteiger partial charge in [-0.2, -0.15) is 0 Å². The Bertz CT molecular complexity index is 931. The third kappa shape index (κ3) is 4.42. The van der Waals surface area contributed by atoms with Crippen LogP contribution in [0, 0.1) is 0 Å². The summed E-state index contributed by atoms with van der Waals surface area (Å²) in [5.74, 6) is 1.24. The van der Waals surface area contributed by atoms with Crippen molar-refractivity contribution in [1.82, 2.24) is 14.8 Å². The van der Waals surface area contributed by atoms with Gasteiger partial charge < -0.3 is 14.6 Å². The van der Waals surface area contributed by atoms with Gasteiger partial charge in [0.25, 0.3) is 0 Å². The second-order valence-electron chi connectivity index (χ2n) is 7.85. The lowest BCUT2D eigenvalue weighted by Gasteiger charge is -2.12. The fraction of sp³-hybridized carbons (Fsp3) is 0.619. The molecule has 30 heavy (non-hydrogen) atoms. The molecule has 162 valence electrons. The van der Waals surface area contributed by atoms with Crippen molar-refractivity contribution in [2.45, 2.75) is 69.4 Å². The lowest BCUT2D eigenvalue weighted by Crippen LogP contribution is -2.17. The minimum atomic E-state index is -0.339. The highest BCUT2D eigenvalue weighted by Gasteiger charge is 2.28. The summed E-state index contributed by atoms with van der Waals surface area (Å²) >= 11 is 2.89. The normalized spacial score (nSPS) is 16.5. The predicted molar refractivity (Wildman–Crippen MR) is 118 cm³/mol. The molecule has 0 spiro atoms. The van der Waals surface area contributed by atoms with Crippen LogP contribution >= 0.6 is 23.1 Å². The van der Waals surface area contributed by atoms with E-state index in [1.165, 1.54) is 40.8 Å². The minimum Gasteiger partial charge on any atom is -0.462 e. The molecule has 0 radical (unpaired) electrons. The molecule has 1 amide bonds. The van der Waals surface area contributed by atoms with Crippen LogP contribution in [-0.4, -0.2) is 39.0 Å². The lowest BCUT2D eigenvalue weighted by atomic mass is 9.95. The fourth-order valence-corrected chi connectivity index (χ4v) is 6.37. The summed E-state index contributed by atoms with van der Waals surface area (Å²) < 4.78 is 7.28. The summed E-state index contributed by atoms with van der Waals surface area (Å²) in [7, 11) is 1.97. The number of hydrogen-bond acceptors (Lipinski definition) is 7. The number of nitrogens with one attached hydrogen (secondary N) is 1. The number of esters is 1. The van der Waals surface area contributed by atoms with Crippen LogP contribution in [0.5, 0.6) is 0 Å². The molecular weight excluding hydrogens is 420 g/mol. The van der Waals surface area contributed by atoms with Crippen LogP contribution in [0.2, 0.25) is 0 Å². The molecule has 0 bridgehead atoms. The Labute approximate surface area is 185 Å². The lowest BCUT2D eigenvalue weighted by molar-refractivity contribution is -0.113. The van der Waals surface area contributed by atoms with Crippen molar-refractivity contribution in [3.8, 4) is 0 Å². The zero-order valence-corrected chi connectivity index (χ0v) is 19.2. The molecule has 1 N–H and O–H groups in total. The molecule has 4 rings (SSSR count). The zero-order valence-electron chi connectivity index (χ0n) is 17.5. The predicted octanol–water partition coefficient (Wildman–Crippen LogP) is 4.32. The van der Waals surface area contributed by atoms with E-state index < -0.39 is 0 Å². The first-order valence-corrected chi connectivity index (χ1v) is 12.5. The van der Waals surface area contributed by atoms with Gasteiger partial charge in [0.05, 0.1) is 17.9 Å². The smallest absolute Gasteiger partial charge is 0.341 e. The Morgan fingerprint density at radius 1 is 1.20 bits per heavy atom. The Kier molecular flexibility index (Phi) is 6.77. The SMILES string of the molecule is CCOC(=O)c1c(NC(=O)CSc2nnc(C3CCCC3)n2C)sc2c1CCCC2. The average Bonchev–Trinajstić information content (AvgIpc) is 3.45. The quantitative estimate of drug-likeness (QED) is 0.501. The summed E-state index contributed by atoms with van der Waals surface area (Å²) in [5.41, 5.74) is 1.61. The second kappa shape index (κ2) is 9.51. The van der Waals surface area contributed by atoms with Crippen molar-refractivity contribution in [3.05, 3.63) is 21.8 Å². The van der Waals surface area contributed by atoms with Crippen molar-refractivity contribution in [3.63, 3.8) is 0 Å². The van der Waals surface area contributed by atoms with Gasteiger partial charge in [-0.3, -0.25) is 4.79 Å².